The molecule has 1 fully saturated rings. The van der Waals surface area contributed by atoms with Gasteiger partial charge in [0.1, 0.15) is 0 Å². The number of fused-ring (bicyclic) bond motifs is 1. The number of benzene rings is 3. The molecule has 36 heavy (non-hydrogen) atoms. The molecular formula is C29H27ClN4O2. The molecule has 0 aliphatic carbocycles. The van der Waals surface area contributed by atoms with Gasteiger partial charge in [-0.2, -0.15) is 0 Å². The molecule has 0 bridgehead atoms. The van der Waals surface area contributed by atoms with Crippen molar-refractivity contribution in [3.05, 3.63) is 76.9 Å². The van der Waals surface area contributed by atoms with Crippen LogP contribution in [0.4, 0.5) is 11.4 Å². The highest BCUT2D eigenvalue weighted by atomic mass is 35.5. The van der Waals surface area contributed by atoms with Crippen LogP contribution in [0.5, 0.6) is 0 Å². The lowest BCUT2D eigenvalue weighted by Crippen LogP contribution is -2.41. The molecule has 1 saturated heterocycles. The number of carbonyl (C=O) groups excluding carboxylic acids is 2. The van der Waals surface area contributed by atoms with Crippen molar-refractivity contribution < 1.29 is 9.59 Å². The molecule has 0 atom stereocenters. The molecular weight excluding hydrogens is 472 g/mol. The summed E-state index contributed by atoms with van der Waals surface area (Å²) >= 11 is 6.09. The average molecular weight is 499 g/mol. The van der Waals surface area contributed by atoms with E-state index in [2.05, 4.69) is 21.3 Å². The number of hydrogen-bond acceptors (Lipinski definition) is 5. The second-order valence-electron chi connectivity index (χ2n) is 9.47. The Balaban J connectivity index is 1.20. The Hall–Kier alpha value is -3.64. The number of nitrogens with one attached hydrogen (secondary N) is 1. The van der Waals surface area contributed by atoms with Gasteiger partial charge in [0.05, 0.1) is 5.52 Å². The zero-order valence-electron chi connectivity index (χ0n) is 20.0. The topological polar surface area (TPSA) is 65.5 Å². The van der Waals surface area contributed by atoms with Gasteiger partial charge in [-0.15, -0.1) is 0 Å². The van der Waals surface area contributed by atoms with Crippen molar-refractivity contribution in [2.75, 3.05) is 36.4 Å². The molecule has 0 spiro atoms. The Morgan fingerprint density at radius 1 is 0.889 bits per heavy atom. The number of piperidine rings is 1. The number of pyridine rings is 1. The number of imide groups is 1. The Morgan fingerprint density at radius 3 is 2.53 bits per heavy atom. The summed E-state index contributed by atoms with van der Waals surface area (Å²) in [6.07, 6.45) is 5.97. The molecule has 6 nitrogen and oxygen atoms in total. The summed E-state index contributed by atoms with van der Waals surface area (Å²) in [5.74, 6) is -0.421. The Bertz CT molecular complexity index is 1470. The first kappa shape index (κ1) is 22.8. The number of anilines is 2. The third-order valence-electron chi connectivity index (χ3n) is 7.24. The molecule has 3 heterocycles. The van der Waals surface area contributed by atoms with Gasteiger partial charge >= 0.3 is 0 Å². The minimum absolute atomic E-state index is 0.210. The van der Waals surface area contributed by atoms with Crippen LogP contribution in [0.1, 0.15) is 46.4 Å². The zero-order valence-corrected chi connectivity index (χ0v) is 20.7. The lowest BCUT2D eigenvalue weighted by molar-refractivity contribution is 0.0610. The molecule has 4 aromatic rings. The minimum Gasteiger partial charge on any atom is -0.384 e. The van der Waals surface area contributed by atoms with Gasteiger partial charge in [-0.3, -0.25) is 19.5 Å². The average Bonchev–Trinajstić information content (AvgIpc) is 2.91. The molecule has 3 aromatic carbocycles. The maximum absolute atomic E-state index is 13.4. The first-order valence-corrected chi connectivity index (χ1v) is 12.9. The summed E-state index contributed by atoms with van der Waals surface area (Å²) in [4.78, 5) is 35.0. The van der Waals surface area contributed by atoms with Gasteiger partial charge in [0.15, 0.2) is 0 Å². The van der Waals surface area contributed by atoms with Crippen LogP contribution in [0.2, 0.25) is 5.02 Å². The normalized spacial score (nSPS) is 15.7. The van der Waals surface area contributed by atoms with Crippen molar-refractivity contribution in [1.82, 2.24) is 9.88 Å². The van der Waals surface area contributed by atoms with Gasteiger partial charge in [-0.1, -0.05) is 23.7 Å². The predicted octanol–water partition coefficient (Wildman–Crippen LogP) is 6.13. The summed E-state index contributed by atoms with van der Waals surface area (Å²) in [7, 11) is 0. The van der Waals surface area contributed by atoms with Crippen molar-refractivity contribution in [2.24, 2.45) is 0 Å². The monoisotopic (exact) mass is 498 g/mol. The highest BCUT2D eigenvalue weighted by Crippen LogP contribution is 2.37. The summed E-state index contributed by atoms with van der Waals surface area (Å²) in [6, 6.07) is 17.3. The number of aromatic nitrogens is 1. The molecule has 2 aliphatic heterocycles. The largest absolute Gasteiger partial charge is 0.384 e. The van der Waals surface area contributed by atoms with Crippen molar-refractivity contribution in [3.8, 4) is 0 Å². The van der Waals surface area contributed by atoms with Crippen molar-refractivity contribution >= 4 is 56.5 Å². The smallest absolute Gasteiger partial charge is 0.261 e. The van der Waals surface area contributed by atoms with E-state index in [0.717, 1.165) is 46.1 Å². The second-order valence-corrected chi connectivity index (χ2v) is 9.91. The van der Waals surface area contributed by atoms with Gasteiger partial charge in [0, 0.05) is 76.1 Å². The summed E-state index contributed by atoms with van der Waals surface area (Å²) in [5, 5.41) is 6.85. The van der Waals surface area contributed by atoms with E-state index in [-0.39, 0.29) is 11.8 Å². The molecule has 182 valence electrons. The lowest BCUT2D eigenvalue weighted by Gasteiger charge is -2.32. The van der Waals surface area contributed by atoms with E-state index in [9.17, 15) is 9.59 Å². The van der Waals surface area contributed by atoms with Crippen LogP contribution in [-0.2, 0) is 0 Å². The molecule has 0 radical (unpaired) electrons. The van der Waals surface area contributed by atoms with Gasteiger partial charge in [0.25, 0.3) is 11.8 Å². The second kappa shape index (κ2) is 9.43. The maximum atomic E-state index is 13.4. The minimum atomic E-state index is -0.210. The molecule has 1 aromatic heterocycles. The summed E-state index contributed by atoms with van der Waals surface area (Å²) < 4.78 is 0. The van der Waals surface area contributed by atoms with Crippen molar-refractivity contribution in [3.63, 3.8) is 0 Å². The number of amides is 2. The van der Waals surface area contributed by atoms with E-state index >= 15 is 0 Å². The predicted molar refractivity (Wildman–Crippen MR) is 145 cm³/mol. The third-order valence-corrected chi connectivity index (χ3v) is 7.48. The van der Waals surface area contributed by atoms with Crippen LogP contribution in [0.25, 0.3) is 21.7 Å². The Kier molecular flexibility index (Phi) is 5.97. The number of rotatable bonds is 6. The molecule has 2 amide bonds. The quantitative estimate of drug-likeness (QED) is 0.256. The lowest BCUT2D eigenvalue weighted by atomic mass is 9.92. The van der Waals surface area contributed by atoms with Gasteiger partial charge < -0.3 is 10.2 Å². The SMILES string of the molecule is O=C1c2cccc3c(N4CCCCC4)ccc(c23)C(=O)N1CCCNc1ccnc2cc(Cl)ccc12. The van der Waals surface area contributed by atoms with Crippen molar-refractivity contribution in [2.45, 2.75) is 25.7 Å². The fourth-order valence-corrected chi connectivity index (χ4v) is 5.65. The van der Waals surface area contributed by atoms with E-state index in [4.69, 9.17) is 11.6 Å². The zero-order chi connectivity index (χ0) is 24.6. The van der Waals surface area contributed by atoms with E-state index in [1.807, 2.05) is 48.5 Å². The highest BCUT2D eigenvalue weighted by molar-refractivity contribution is 6.31. The fourth-order valence-electron chi connectivity index (χ4n) is 5.48. The molecule has 2 aliphatic rings. The summed E-state index contributed by atoms with van der Waals surface area (Å²) in [6.45, 7) is 2.99. The standard InChI is InChI=1S/C29H27ClN4O2/c30-19-8-9-20-24(12-14-32-25(20)18-19)31-13-5-17-34-28(35)22-7-4-6-21-26(33-15-2-1-3-16-33)11-10-23(27(21)22)29(34)36/h4,6-12,14,18H,1-3,5,13,15-17H2,(H,31,32). The van der Waals surface area contributed by atoms with Crippen LogP contribution < -0.4 is 10.2 Å². The molecule has 1 N–H and O–H groups in total. The van der Waals surface area contributed by atoms with Gasteiger partial charge in [-0.25, -0.2) is 0 Å². The maximum Gasteiger partial charge on any atom is 0.261 e. The van der Waals surface area contributed by atoms with Crippen LogP contribution in [0, 0.1) is 0 Å². The molecule has 0 saturated carbocycles. The first-order valence-electron chi connectivity index (χ1n) is 12.6. The van der Waals surface area contributed by atoms with E-state index < -0.39 is 0 Å². The van der Waals surface area contributed by atoms with Crippen LogP contribution >= 0.6 is 11.6 Å². The fraction of sp³-hybridized carbons (Fsp3) is 0.276. The van der Waals surface area contributed by atoms with Crippen LogP contribution in [0.15, 0.2) is 60.8 Å². The van der Waals surface area contributed by atoms with Gasteiger partial charge in [-0.05, 0) is 68.1 Å². The Labute approximate surface area is 214 Å². The molecule has 7 heteroatoms. The number of carbonyl (C=O) groups is 2. The number of nitrogens with zero attached hydrogens (tertiary/aromatic N) is 3. The number of hydrogen-bond donors (Lipinski definition) is 1. The van der Waals surface area contributed by atoms with E-state index in [0.29, 0.717) is 35.7 Å². The van der Waals surface area contributed by atoms with Crippen LogP contribution in [-0.4, -0.2) is 47.9 Å². The third kappa shape index (κ3) is 3.95. The van der Waals surface area contributed by atoms with Crippen molar-refractivity contribution in [1.29, 1.82) is 0 Å². The molecule has 6 rings (SSSR count). The number of halogens is 1. The van der Waals surface area contributed by atoms with E-state index in [1.165, 1.54) is 24.2 Å². The van der Waals surface area contributed by atoms with E-state index in [1.54, 1.807) is 6.20 Å². The first-order chi connectivity index (χ1) is 17.6. The van der Waals surface area contributed by atoms with Crippen LogP contribution in [0.3, 0.4) is 0 Å². The molecule has 0 unspecified atom stereocenters. The Morgan fingerprint density at radius 2 is 1.69 bits per heavy atom. The van der Waals surface area contributed by atoms with Gasteiger partial charge in [0.2, 0.25) is 0 Å². The summed E-state index contributed by atoms with van der Waals surface area (Å²) in [5.41, 5.74) is 4.13. The highest BCUT2D eigenvalue weighted by Gasteiger charge is 2.33.